The number of aliphatic hydroxyl groups excluding tert-OH is 1. The molecule has 6 atom stereocenters. The number of hydrogen-bond acceptors (Lipinski definition) is 5. The number of amides is 3. The lowest BCUT2D eigenvalue weighted by Crippen LogP contribution is -2.58. The topological polar surface area (TPSA) is 81.2 Å². The molecule has 3 aliphatic heterocycles. The minimum Gasteiger partial charge on any atom is -0.394 e. The van der Waals surface area contributed by atoms with Gasteiger partial charge in [0.25, 0.3) is 0 Å². The second-order valence-electron chi connectivity index (χ2n) is 10.6. The molecule has 0 aromatic rings. The molecule has 34 heavy (non-hydrogen) atoms. The standard InChI is InChI=1S/C26H41N3O4S/c1-8-12-27(7)23(31)20-19-10-11-26(34-19)21(20)24(32)29(18(15-30)14-16(3)4)22(26)25(33)28(13-9-2)17(5)6/h8-9,16-22,30H,1-2,10-15H2,3-7H3/t18-,19-,20+,21+,22?,26?/m1/s1. The molecule has 0 aromatic carbocycles. The van der Waals surface area contributed by atoms with Gasteiger partial charge in [0.1, 0.15) is 6.04 Å². The third kappa shape index (κ3) is 4.32. The van der Waals surface area contributed by atoms with Gasteiger partial charge in [-0.1, -0.05) is 26.0 Å². The Hall–Kier alpha value is -1.80. The normalized spacial score (nSPS) is 30.6. The zero-order chi connectivity index (χ0) is 25.4. The van der Waals surface area contributed by atoms with Gasteiger partial charge in [-0.2, -0.15) is 0 Å². The summed E-state index contributed by atoms with van der Waals surface area (Å²) in [6, 6.07) is -1.21. The maximum atomic E-state index is 14.2. The average Bonchev–Trinajstić information content (AvgIpc) is 3.42. The summed E-state index contributed by atoms with van der Waals surface area (Å²) < 4.78 is -0.646. The van der Waals surface area contributed by atoms with E-state index in [0.717, 1.165) is 12.8 Å². The molecule has 8 heteroatoms. The highest BCUT2D eigenvalue weighted by atomic mass is 32.2. The Morgan fingerprint density at radius 2 is 1.85 bits per heavy atom. The van der Waals surface area contributed by atoms with Gasteiger partial charge in [-0.05, 0) is 39.0 Å². The fourth-order valence-corrected chi connectivity index (χ4v) is 8.45. The van der Waals surface area contributed by atoms with E-state index in [1.54, 1.807) is 45.7 Å². The monoisotopic (exact) mass is 491 g/mol. The fourth-order valence-electron chi connectivity index (χ4n) is 6.26. The van der Waals surface area contributed by atoms with Gasteiger partial charge in [-0.15, -0.1) is 24.9 Å². The van der Waals surface area contributed by atoms with Gasteiger partial charge in [0.2, 0.25) is 17.7 Å². The molecular weight excluding hydrogens is 450 g/mol. The van der Waals surface area contributed by atoms with Crippen LogP contribution in [0.1, 0.15) is 47.0 Å². The van der Waals surface area contributed by atoms with E-state index in [-0.39, 0.29) is 41.5 Å². The molecule has 0 radical (unpaired) electrons. The van der Waals surface area contributed by atoms with Crippen molar-refractivity contribution in [2.45, 2.75) is 75.1 Å². The smallest absolute Gasteiger partial charge is 0.247 e. The van der Waals surface area contributed by atoms with Crippen LogP contribution in [0.15, 0.2) is 25.3 Å². The van der Waals surface area contributed by atoms with Crippen molar-refractivity contribution in [2.24, 2.45) is 17.8 Å². The summed E-state index contributed by atoms with van der Waals surface area (Å²) in [5.41, 5.74) is 0. The van der Waals surface area contributed by atoms with Crippen LogP contribution in [-0.4, -0.2) is 92.4 Å². The SMILES string of the molecule is C=CCN(C)C(=O)[C@@H]1[C@H]2C(=O)N([C@@H](CO)CC(C)C)C(C(=O)N(CC=C)C(C)C)C23CC[C@H]1S3. The van der Waals surface area contributed by atoms with E-state index in [9.17, 15) is 19.5 Å². The number of carbonyl (C=O) groups is 3. The summed E-state index contributed by atoms with van der Waals surface area (Å²) in [4.78, 5) is 46.9. The van der Waals surface area contributed by atoms with Crippen LogP contribution in [0.4, 0.5) is 0 Å². The van der Waals surface area contributed by atoms with E-state index < -0.39 is 28.7 Å². The molecule has 3 fully saturated rings. The lowest BCUT2D eigenvalue weighted by molar-refractivity contribution is -0.147. The number of hydrogen-bond donors (Lipinski definition) is 1. The van der Waals surface area contributed by atoms with E-state index in [2.05, 4.69) is 13.2 Å². The maximum absolute atomic E-state index is 14.2. The van der Waals surface area contributed by atoms with Crippen LogP contribution >= 0.6 is 11.8 Å². The molecule has 1 N–H and O–H groups in total. The summed E-state index contributed by atoms with van der Waals surface area (Å²) in [7, 11) is 1.74. The maximum Gasteiger partial charge on any atom is 0.247 e. The molecular formula is C26H41N3O4S. The van der Waals surface area contributed by atoms with Crippen LogP contribution in [0.2, 0.25) is 0 Å². The first-order chi connectivity index (χ1) is 16.0. The number of aliphatic hydroxyl groups is 1. The average molecular weight is 492 g/mol. The number of carbonyl (C=O) groups excluding carboxylic acids is 3. The zero-order valence-corrected chi connectivity index (χ0v) is 22.1. The molecule has 1 spiro atoms. The van der Waals surface area contributed by atoms with Crippen LogP contribution in [0.25, 0.3) is 0 Å². The minimum absolute atomic E-state index is 0.0238. The Kier molecular flexibility index (Phi) is 8.23. The molecule has 2 unspecified atom stereocenters. The van der Waals surface area contributed by atoms with Crippen molar-refractivity contribution in [3.05, 3.63) is 25.3 Å². The Labute approximate surface area is 208 Å². The van der Waals surface area contributed by atoms with Gasteiger partial charge in [0, 0.05) is 31.4 Å². The molecule has 3 saturated heterocycles. The first-order valence-electron chi connectivity index (χ1n) is 12.4. The summed E-state index contributed by atoms with van der Waals surface area (Å²) in [5.74, 6) is -1.07. The predicted octanol–water partition coefficient (Wildman–Crippen LogP) is 2.55. The third-order valence-electron chi connectivity index (χ3n) is 7.62. The van der Waals surface area contributed by atoms with E-state index in [1.807, 2.05) is 27.7 Å². The number of nitrogens with zero attached hydrogens (tertiary/aromatic N) is 3. The molecule has 3 heterocycles. The molecule has 0 saturated carbocycles. The second-order valence-corrected chi connectivity index (χ2v) is 12.2. The number of thioether (sulfide) groups is 1. The summed E-state index contributed by atoms with van der Waals surface area (Å²) in [5, 5.41) is 10.4. The highest BCUT2D eigenvalue weighted by Gasteiger charge is 2.74. The molecule has 0 aromatic heterocycles. The van der Waals surface area contributed by atoms with Crippen LogP contribution in [-0.2, 0) is 14.4 Å². The van der Waals surface area contributed by atoms with E-state index >= 15 is 0 Å². The number of likely N-dealkylation sites (tertiary alicyclic amines) is 1. The summed E-state index contributed by atoms with van der Waals surface area (Å²) in [6.07, 6.45) is 5.52. The lowest BCUT2D eigenvalue weighted by atomic mass is 9.70. The van der Waals surface area contributed by atoms with Crippen molar-refractivity contribution < 1.29 is 19.5 Å². The molecule has 190 valence electrons. The summed E-state index contributed by atoms with van der Waals surface area (Å²) >= 11 is 1.67. The van der Waals surface area contributed by atoms with Gasteiger partial charge in [0.05, 0.1) is 29.2 Å². The van der Waals surface area contributed by atoms with Crippen molar-refractivity contribution in [1.82, 2.24) is 14.7 Å². The van der Waals surface area contributed by atoms with Crippen molar-refractivity contribution in [1.29, 1.82) is 0 Å². The molecule has 3 rings (SSSR count). The lowest BCUT2D eigenvalue weighted by Gasteiger charge is -2.41. The second kappa shape index (κ2) is 10.4. The number of rotatable bonds is 11. The van der Waals surface area contributed by atoms with Crippen LogP contribution in [0.5, 0.6) is 0 Å². The molecule has 3 aliphatic rings. The minimum atomic E-state index is -0.694. The van der Waals surface area contributed by atoms with Gasteiger partial charge in [0.15, 0.2) is 0 Å². The van der Waals surface area contributed by atoms with Crippen LogP contribution in [0, 0.1) is 17.8 Å². The highest BCUT2D eigenvalue weighted by molar-refractivity contribution is 8.02. The Morgan fingerprint density at radius 3 is 2.38 bits per heavy atom. The Balaban J connectivity index is 2.10. The molecule has 0 aliphatic carbocycles. The van der Waals surface area contributed by atoms with Crippen molar-refractivity contribution >= 4 is 29.5 Å². The quantitative estimate of drug-likeness (QED) is 0.449. The Bertz CT molecular complexity index is 831. The fraction of sp³-hybridized carbons (Fsp3) is 0.731. The van der Waals surface area contributed by atoms with E-state index in [1.165, 1.54) is 0 Å². The van der Waals surface area contributed by atoms with Gasteiger partial charge in [-0.3, -0.25) is 14.4 Å². The molecule has 3 amide bonds. The van der Waals surface area contributed by atoms with Gasteiger partial charge in [-0.25, -0.2) is 0 Å². The number of likely N-dealkylation sites (N-methyl/N-ethyl adjacent to an activating group) is 1. The van der Waals surface area contributed by atoms with Crippen LogP contribution < -0.4 is 0 Å². The van der Waals surface area contributed by atoms with E-state index in [0.29, 0.717) is 19.5 Å². The third-order valence-corrected chi connectivity index (χ3v) is 9.57. The first kappa shape index (κ1) is 26.8. The largest absolute Gasteiger partial charge is 0.394 e. The summed E-state index contributed by atoms with van der Waals surface area (Å²) in [6.45, 7) is 16.2. The van der Waals surface area contributed by atoms with Crippen molar-refractivity contribution in [3.8, 4) is 0 Å². The molecule has 2 bridgehead atoms. The number of fused-ring (bicyclic) bond motifs is 1. The van der Waals surface area contributed by atoms with E-state index in [4.69, 9.17) is 0 Å². The highest BCUT2D eigenvalue weighted by Crippen LogP contribution is 2.67. The van der Waals surface area contributed by atoms with Crippen LogP contribution in [0.3, 0.4) is 0 Å². The van der Waals surface area contributed by atoms with Crippen molar-refractivity contribution in [3.63, 3.8) is 0 Å². The Morgan fingerprint density at radius 1 is 1.21 bits per heavy atom. The van der Waals surface area contributed by atoms with Gasteiger partial charge >= 0.3 is 0 Å². The first-order valence-corrected chi connectivity index (χ1v) is 13.3. The predicted molar refractivity (Wildman–Crippen MR) is 136 cm³/mol. The van der Waals surface area contributed by atoms with Crippen molar-refractivity contribution in [2.75, 3.05) is 26.7 Å². The zero-order valence-electron chi connectivity index (χ0n) is 21.3. The molecule has 7 nitrogen and oxygen atoms in total. The van der Waals surface area contributed by atoms with Gasteiger partial charge < -0.3 is 19.8 Å².